The second kappa shape index (κ2) is 12.5. The van der Waals surface area contributed by atoms with Gasteiger partial charge < -0.3 is 19.6 Å². The van der Waals surface area contributed by atoms with Gasteiger partial charge in [-0.1, -0.05) is 30.3 Å². The van der Waals surface area contributed by atoms with E-state index >= 15 is 0 Å². The summed E-state index contributed by atoms with van der Waals surface area (Å²) in [5, 5.41) is 9.92. The molecule has 0 unspecified atom stereocenters. The van der Waals surface area contributed by atoms with Gasteiger partial charge in [0, 0.05) is 13.7 Å². The van der Waals surface area contributed by atoms with Crippen LogP contribution in [0.15, 0.2) is 35.1 Å². The third-order valence-electron chi connectivity index (χ3n) is 6.22. The van der Waals surface area contributed by atoms with Gasteiger partial charge in [-0.3, -0.25) is 9.69 Å². The molecule has 36 heavy (non-hydrogen) atoms. The Balaban J connectivity index is 0.00000145. The minimum Gasteiger partial charge on any atom is -0.502 e. The summed E-state index contributed by atoms with van der Waals surface area (Å²) in [5.41, 5.74) is -0.730. The van der Waals surface area contributed by atoms with Crippen LogP contribution in [0.1, 0.15) is 63.5 Å². The predicted octanol–water partition coefficient (Wildman–Crippen LogP) is 3.67. The number of hydrogen-bond acceptors (Lipinski definition) is 8. The van der Waals surface area contributed by atoms with Crippen LogP contribution in [0.25, 0.3) is 0 Å². The molecule has 1 amide bonds. The Bertz CT molecular complexity index is 1090. The van der Waals surface area contributed by atoms with E-state index < -0.39 is 28.5 Å². The first-order valence-corrected chi connectivity index (χ1v) is 11.8. The Labute approximate surface area is 210 Å². The number of aromatic amines is 1. The largest absolute Gasteiger partial charge is 0.502 e. The maximum atomic E-state index is 13.0. The highest BCUT2D eigenvalue weighted by Crippen LogP contribution is 2.43. The molecule has 10 heteroatoms. The van der Waals surface area contributed by atoms with E-state index in [0.29, 0.717) is 37.8 Å². The van der Waals surface area contributed by atoms with Crippen LogP contribution in [0, 0.1) is 12.8 Å². The molecule has 1 aliphatic rings. The molecule has 0 bridgehead atoms. The Hall–Kier alpha value is -3.49. The van der Waals surface area contributed by atoms with Gasteiger partial charge in [-0.15, -0.1) is 0 Å². The summed E-state index contributed by atoms with van der Waals surface area (Å²) in [7, 11) is 1.68. The number of hydrogen-bond donors (Lipinski definition) is 2. The molecule has 2 aromatic rings. The van der Waals surface area contributed by atoms with E-state index in [4.69, 9.17) is 19.1 Å². The van der Waals surface area contributed by atoms with Crippen molar-refractivity contribution in [2.75, 3.05) is 13.7 Å². The van der Waals surface area contributed by atoms with Crippen molar-refractivity contribution in [1.29, 1.82) is 0 Å². The molecule has 0 aliphatic heterocycles. The number of nitrogens with one attached hydrogen (secondary N) is 1. The number of nitrogens with zero attached hydrogens (tertiary/aromatic N) is 2. The smallest absolute Gasteiger partial charge is 0.410 e. The monoisotopic (exact) mass is 501 g/mol. The first-order chi connectivity index (χ1) is 16.9. The van der Waals surface area contributed by atoms with Crippen molar-refractivity contribution in [2.24, 2.45) is 5.92 Å². The number of rotatable bonds is 6. The third kappa shape index (κ3) is 7.50. The van der Waals surface area contributed by atoms with Crippen LogP contribution in [0.2, 0.25) is 0 Å². The number of carbonyl (C=O) groups is 1. The Morgan fingerprint density at radius 2 is 1.81 bits per heavy atom. The highest BCUT2D eigenvalue weighted by Gasteiger charge is 2.46. The Morgan fingerprint density at radius 3 is 2.33 bits per heavy atom. The number of amides is 1. The van der Waals surface area contributed by atoms with Gasteiger partial charge in [-0.25, -0.2) is 9.78 Å². The molecule has 3 rings (SSSR count). The van der Waals surface area contributed by atoms with Crippen LogP contribution in [-0.4, -0.2) is 51.5 Å². The molecule has 1 aliphatic carbocycles. The molecule has 1 saturated carbocycles. The molecule has 10 nitrogen and oxygen atoms in total. The van der Waals surface area contributed by atoms with Crippen LogP contribution in [0.5, 0.6) is 5.75 Å². The summed E-state index contributed by atoms with van der Waals surface area (Å²) in [5.74, 6) is 0.301. The maximum Gasteiger partial charge on any atom is 0.410 e. The molecular weight excluding hydrogens is 466 g/mol. The zero-order valence-electron chi connectivity index (χ0n) is 21.5. The number of aromatic hydroxyl groups is 1. The number of benzene rings is 1. The minimum absolute atomic E-state index is 0.235. The Kier molecular flexibility index (Phi) is 9.95. The number of ether oxygens (including phenoxy) is 2. The van der Waals surface area contributed by atoms with Crippen LogP contribution in [-0.2, 0) is 31.2 Å². The topological polar surface area (TPSA) is 139 Å². The van der Waals surface area contributed by atoms with E-state index in [-0.39, 0.29) is 11.8 Å². The van der Waals surface area contributed by atoms with Crippen molar-refractivity contribution >= 4 is 12.2 Å². The van der Waals surface area contributed by atoms with Crippen molar-refractivity contribution < 1.29 is 29.0 Å². The molecule has 1 heterocycles. The Morgan fingerprint density at radius 1 is 1.22 bits per heavy atom. The van der Waals surface area contributed by atoms with Crippen molar-refractivity contribution in [2.45, 2.75) is 71.1 Å². The van der Waals surface area contributed by atoms with E-state index in [2.05, 4.69) is 9.97 Å². The molecule has 1 fully saturated rings. The van der Waals surface area contributed by atoms with Crippen molar-refractivity contribution in [3.63, 3.8) is 0 Å². The van der Waals surface area contributed by atoms with Crippen molar-refractivity contribution in [1.82, 2.24) is 14.9 Å². The van der Waals surface area contributed by atoms with Crippen LogP contribution in [0.4, 0.5) is 4.79 Å². The highest BCUT2D eigenvalue weighted by molar-refractivity contribution is 5.69. The molecule has 0 saturated heterocycles. The normalized spacial score (nSPS) is 19.4. The summed E-state index contributed by atoms with van der Waals surface area (Å²) >= 11 is 0. The lowest BCUT2D eigenvalue weighted by Gasteiger charge is -2.45. The highest BCUT2D eigenvalue weighted by atomic mass is 16.6. The summed E-state index contributed by atoms with van der Waals surface area (Å²) in [6, 6.07) is 10.0. The van der Waals surface area contributed by atoms with Crippen molar-refractivity contribution in [3.05, 3.63) is 57.8 Å². The lowest BCUT2D eigenvalue weighted by Crippen LogP contribution is -2.52. The van der Waals surface area contributed by atoms with Crippen molar-refractivity contribution in [3.8, 4) is 5.75 Å². The van der Waals surface area contributed by atoms with Gasteiger partial charge in [0.15, 0.2) is 0 Å². The number of aryl methyl sites for hydroxylation is 1. The van der Waals surface area contributed by atoms with Crippen LogP contribution >= 0.6 is 0 Å². The second-order valence-electron chi connectivity index (χ2n) is 9.95. The lowest BCUT2D eigenvalue weighted by molar-refractivity contribution is -0.191. The molecule has 0 radical (unpaired) electrons. The maximum absolute atomic E-state index is 13.0. The van der Waals surface area contributed by atoms with E-state index in [9.17, 15) is 14.7 Å². The number of aromatic nitrogens is 2. The van der Waals surface area contributed by atoms with Gasteiger partial charge in [0.05, 0.1) is 12.3 Å². The molecule has 0 spiro atoms. The fourth-order valence-electron chi connectivity index (χ4n) is 4.28. The van der Waals surface area contributed by atoms with E-state index in [1.807, 2.05) is 51.1 Å². The quantitative estimate of drug-likeness (QED) is 0.611. The number of H-pyrrole nitrogens is 1. The van der Waals surface area contributed by atoms with Crippen LogP contribution in [0.3, 0.4) is 0 Å². The molecule has 1 aromatic heterocycles. The SMILES string of the molecule is Cc1nc(C2(N(C)C(=O)OC(C)(C)C)CCC(COCc3ccccc3)CC2)[nH]c(=O)c1O.O=C=O. The molecule has 1 aromatic carbocycles. The summed E-state index contributed by atoms with van der Waals surface area (Å²) in [4.78, 5) is 50.3. The van der Waals surface area contributed by atoms with Gasteiger partial charge in [0.2, 0.25) is 5.75 Å². The fraction of sp³-hybridized carbons (Fsp3) is 0.538. The van der Waals surface area contributed by atoms with Gasteiger partial charge in [0.25, 0.3) is 5.56 Å². The first-order valence-electron chi connectivity index (χ1n) is 11.8. The zero-order valence-corrected chi connectivity index (χ0v) is 21.5. The molecule has 196 valence electrons. The molecule has 0 atom stereocenters. The molecule has 2 N–H and O–H groups in total. The average Bonchev–Trinajstić information content (AvgIpc) is 2.82. The minimum atomic E-state index is -0.837. The fourth-order valence-corrected chi connectivity index (χ4v) is 4.28. The average molecular weight is 502 g/mol. The lowest BCUT2D eigenvalue weighted by atomic mass is 9.75. The summed E-state index contributed by atoms with van der Waals surface area (Å²) < 4.78 is 11.6. The number of carbonyl (C=O) groups excluding carboxylic acids is 3. The standard InChI is InChI=1S/C25H35N3O5.CO2/c1-17-20(29)21(30)27-22(26-17)25(28(5)23(31)33-24(2,3)4)13-11-19(12-14-25)16-32-15-18-9-7-6-8-10-18;2-1-3/h6-10,19,29H,11-16H2,1-5H3,(H,26,27,30);. The summed E-state index contributed by atoms with van der Waals surface area (Å²) in [6.45, 7) is 8.22. The molecular formula is C26H35N3O7. The van der Waals surface area contributed by atoms with E-state index in [1.54, 1.807) is 18.9 Å². The van der Waals surface area contributed by atoms with Gasteiger partial charge >= 0.3 is 12.2 Å². The van der Waals surface area contributed by atoms with Crippen LogP contribution < -0.4 is 5.56 Å². The zero-order chi connectivity index (χ0) is 26.9. The predicted molar refractivity (Wildman–Crippen MR) is 130 cm³/mol. The first kappa shape index (κ1) is 28.7. The van der Waals surface area contributed by atoms with Gasteiger partial charge in [-0.2, -0.15) is 9.59 Å². The second-order valence-corrected chi connectivity index (χ2v) is 9.95. The van der Waals surface area contributed by atoms with Gasteiger partial charge in [0.1, 0.15) is 17.0 Å². The summed E-state index contributed by atoms with van der Waals surface area (Å²) in [6.07, 6.45) is 2.55. The van der Waals surface area contributed by atoms with E-state index in [0.717, 1.165) is 18.4 Å². The van der Waals surface area contributed by atoms with E-state index in [1.165, 1.54) is 0 Å². The van der Waals surface area contributed by atoms with Gasteiger partial charge in [-0.05, 0) is 64.9 Å². The third-order valence-corrected chi connectivity index (χ3v) is 6.22.